The zero-order chi connectivity index (χ0) is 11.5. The van der Waals surface area contributed by atoms with Gasteiger partial charge in [-0.25, -0.2) is 0 Å². The molecular formula is C12H20N2OS. The Balaban J connectivity index is 1.80. The van der Waals surface area contributed by atoms with Crippen molar-refractivity contribution in [1.29, 1.82) is 0 Å². The molecular weight excluding hydrogens is 220 g/mol. The first-order valence-corrected chi connectivity index (χ1v) is 6.93. The molecule has 1 heterocycles. The number of aromatic amines is 1. The Morgan fingerprint density at radius 3 is 2.88 bits per heavy atom. The highest BCUT2D eigenvalue weighted by molar-refractivity contribution is 7.07. The van der Waals surface area contributed by atoms with Crippen LogP contribution < -0.4 is 10.2 Å². The van der Waals surface area contributed by atoms with Gasteiger partial charge in [0.05, 0.1) is 0 Å². The second kappa shape index (κ2) is 5.15. The lowest BCUT2D eigenvalue weighted by Gasteiger charge is -2.32. The maximum absolute atomic E-state index is 11.0. The summed E-state index contributed by atoms with van der Waals surface area (Å²) >= 11 is 1.24. The van der Waals surface area contributed by atoms with Crippen molar-refractivity contribution in [2.75, 3.05) is 0 Å². The molecule has 4 heteroatoms. The predicted octanol–water partition coefficient (Wildman–Crippen LogP) is 2.35. The molecule has 16 heavy (non-hydrogen) atoms. The Hall–Kier alpha value is -0.610. The molecule has 1 aliphatic carbocycles. The van der Waals surface area contributed by atoms with Crippen LogP contribution in [0, 0.1) is 11.8 Å². The fourth-order valence-corrected chi connectivity index (χ4v) is 2.97. The number of hydrogen-bond donors (Lipinski definition) is 2. The topological polar surface area (TPSA) is 44.9 Å². The summed E-state index contributed by atoms with van der Waals surface area (Å²) in [7, 11) is 0. The van der Waals surface area contributed by atoms with Gasteiger partial charge in [0, 0.05) is 23.7 Å². The van der Waals surface area contributed by atoms with E-state index in [1.165, 1.54) is 30.6 Å². The van der Waals surface area contributed by atoms with E-state index in [0.29, 0.717) is 6.04 Å². The fraction of sp³-hybridized carbons (Fsp3) is 0.750. The van der Waals surface area contributed by atoms with Gasteiger partial charge in [0.2, 0.25) is 0 Å². The van der Waals surface area contributed by atoms with Crippen LogP contribution in [0.4, 0.5) is 0 Å². The third-order valence-corrected chi connectivity index (χ3v) is 4.47. The molecule has 0 aromatic carbocycles. The van der Waals surface area contributed by atoms with Crippen molar-refractivity contribution in [3.05, 3.63) is 20.7 Å². The molecule has 1 fully saturated rings. The molecule has 1 aromatic heterocycles. The summed E-state index contributed by atoms with van der Waals surface area (Å²) in [4.78, 5) is 13.9. The largest absolute Gasteiger partial charge is 0.315 e. The molecule has 3 unspecified atom stereocenters. The highest BCUT2D eigenvalue weighted by Gasteiger charge is 2.23. The molecule has 2 N–H and O–H groups in total. The molecule has 0 spiro atoms. The highest BCUT2D eigenvalue weighted by atomic mass is 32.1. The first kappa shape index (κ1) is 11.9. The number of nitrogens with one attached hydrogen (secondary N) is 2. The van der Waals surface area contributed by atoms with Crippen LogP contribution in [0.1, 0.15) is 38.8 Å². The number of hydrogen-bond acceptors (Lipinski definition) is 3. The Morgan fingerprint density at radius 2 is 2.25 bits per heavy atom. The van der Waals surface area contributed by atoms with Crippen molar-refractivity contribution in [3.8, 4) is 0 Å². The first-order valence-electron chi connectivity index (χ1n) is 6.05. The normalized spacial score (nSPS) is 30.5. The third kappa shape index (κ3) is 2.95. The lowest BCUT2D eigenvalue weighted by atomic mass is 9.79. The molecule has 0 bridgehead atoms. The molecule has 3 atom stereocenters. The van der Waals surface area contributed by atoms with E-state index >= 15 is 0 Å². The maximum Gasteiger partial charge on any atom is 0.304 e. The summed E-state index contributed by atoms with van der Waals surface area (Å²) < 4.78 is 0. The molecule has 1 saturated carbocycles. The second-order valence-corrected chi connectivity index (χ2v) is 5.86. The van der Waals surface area contributed by atoms with Crippen LogP contribution in [0.5, 0.6) is 0 Å². The first-order chi connectivity index (χ1) is 7.65. The second-order valence-electron chi connectivity index (χ2n) is 5.02. The van der Waals surface area contributed by atoms with Crippen LogP contribution >= 0.6 is 11.3 Å². The summed E-state index contributed by atoms with van der Waals surface area (Å²) in [5, 5.41) is 5.45. The molecule has 2 rings (SSSR count). The minimum absolute atomic E-state index is 0.0439. The summed E-state index contributed by atoms with van der Waals surface area (Å²) in [5.74, 6) is 1.67. The zero-order valence-electron chi connectivity index (χ0n) is 9.95. The average Bonchev–Trinajstić information content (AvgIpc) is 2.66. The van der Waals surface area contributed by atoms with E-state index in [-0.39, 0.29) is 4.87 Å². The van der Waals surface area contributed by atoms with E-state index in [9.17, 15) is 4.79 Å². The minimum atomic E-state index is 0.0439. The molecule has 0 saturated heterocycles. The van der Waals surface area contributed by atoms with Crippen LogP contribution in [-0.4, -0.2) is 11.0 Å². The van der Waals surface area contributed by atoms with E-state index in [0.717, 1.165) is 24.1 Å². The number of H-pyrrole nitrogens is 1. The van der Waals surface area contributed by atoms with E-state index in [1.54, 1.807) is 0 Å². The van der Waals surface area contributed by atoms with Gasteiger partial charge in [-0.3, -0.25) is 4.79 Å². The number of thiazole rings is 1. The van der Waals surface area contributed by atoms with Crippen LogP contribution in [-0.2, 0) is 6.54 Å². The van der Waals surface area contributed by atoms with Gasteiger partial charge in [-0.15, -0.1) is 0 Å². The van der Waals surface area contributed by atoms with Gasteiger partial charge in [-0.05, 0) is 31.1 Å². The van der Waals surface area contributed by atoms with E-state index in [1.807, 2.05) is 5.38 Å². The van der Waals surface area contributed by atoms with Gasteiger partial charge in [-0.2, -0.15) is 0 Å². The van der Waals surface area contributed by atoms with Crippen LogP contribution in [0.15, 0.2) is 10.2 Å². The quantitative estimate of drug-likeness (QED) is 0.852. The van der Waals surface area contributed by atoms with Crippen molar-refractivity contribution in [3.63, 3.8) is 0 Å². The van der Waals surface area contributed by atoms with Gasteiger partial charge in [0.1, 0.15) is 0 Å². The third-order valence-electron chi connectivity index (χ3n) is 3.75. The summed E-state index contributed by atoms with van der Waals surface area (Å²) in [6, 6.07) is 0.620. The lowest BCUT2D eigenvalue weighted by Crippen LogP contribution is -2.35. The monoisotopic (exact) mass is 240 g/mol. The van der Waals surface area contributed by atoms with Crippen molar-refractivity contribution < 1.29 is 0 Å². The van der Waals surface area contributed by atoms with Crippen molar-refractivity contribution in [1.82, 2.24) is 10.3 Å². The molecule has 3 nitrogen and oxygen atoms in total. The van der Waals surface area contributed by atoms with Gasteiger partial charge in [0.25, 0.3) is 0 Å². The molecule has 1 aromatic rings. The highest BCUT2D eigenvalue weighted by Crippen LogP contribution is 2.29. The molecule has 1 aliphatic rings. The zero-order valence-corrected chi connectivity index (χ0v) is 10.8. The van der Waals surface area contributed by atoms with E-state index in [4.69, 9.17) is 0 Å². The Morgan fingerprint density at radius 1 is 1.44 bits per heavy atom. The van der Waals surface area contributed by atoms with Crippen molar-refractivity contribution in [2.24, 2.45) is 11.8 Å². The van der Waals surface area contributed by atoms with Gasteiger partial charge >= 0.3 is 4.87 Å². The SMILES string of the molecule is CC1CCC(NCc2csc(=O)[nH]2)CC1C. The van der Waals surface area contributed by atoms with Crippen molar-refractivity contribution in [2.45, 2.75) is 45.7 Å². The Bertz CT molecular complexity index is 384. The smallest absolute Gasteiger partial charge is 0.304 e. The Labute approximate surface area is 100 Å². The average molecular weight is 240 g/mol. The predicted molar refractivity (Wildman–Crippen MR) is 67.7 cm³/mol. The van der Waals surface area contributed by atoms with Crippen LogP contribution in [0.3, 0.4) is 0 Å². The number of aromatic nitrogens is 1. The molecule has 0 radical (unpaired) electrons. The van der Waals surface area contributed by atoms with Gasteiger partial charge < -0.3 is 10.3 Å². The minimum Gasteiger partial charge on any atom is -0.315 e. The summed E-state index contributed by atoms with van der Waals surface area (Å²) in [5.41, 5.74) is 1.02. The maximum atomic E-state index is 11.0. The number of rotatable bonds is 3. The Kier molecular flexibility index (Phi) is 3.82. The van der Waals surface area contributed by atoms with E-state index < -0.39 is 0 Å². The molecule has 0 amide bonds. The van der Waals surface area contributed by atoms with Gasteiger partial charge in [0.15, 0.2) is 0 Å². The van der Waals surface area contributed by atoms with Crippen LogP contribution in [0.25, 0.3) is 0 Å². The summed E-state index contributed by atoms with van der Waals surface area (Å²) in [6.45, 7) is 5.48. The molecule has 90 valence electrons. The van der Waals surface area contributed by atoms with Crippen molar-refractivity contribution >= 4 is 11.3 Å². The van der Waals surface area contributed by atoms with Crippen LogP contribution in [0.2, 0.25) is 0 Å². The van der Waals surface area contributed by atoms with Gasteiger partial charge in [-0.1, -0.05) is 25.2 Å². The fourth-order valence-electron chi connectivity index (χ4n) is 2.39. The van der Waals surface area contributed by atoms with E-state index in [2.05, 4.69) is 24.1 Å². The standard InChI is InChI=1S/C12H20N2OS/c1-8-3-4-10(5-9(8)2)13-6-11-7-16-12(15)14-11/h7-10,13H,3-6H2,1-2H3,(H,14,15). The lowest BCUT2D eigenvalue weighted by molar-refractivity contribution is 0.225. The summed E-state index contributed by atoms with van der Waals surface area (Å²) in [6.07, 6.45) is 3.84. The molecule has 0 aliphatic heterocycles.